The van der Waals surface area contributed by atoms with E-state index in [1.807, 2.05) is 0 Å². The van der Waals surface area contributed by atoms with Gasteiger partial charge < -0.3 is 4.98 Å². The number of aromatic nitrogens is 2. The van der Waals surface area contributed by atoms with Crippen molar-refractivity contribution in [3.63, 3.8) is 0 Å². The number of aromatic amines is 1. The fraction of sp³-hybridized carbons (Fsp3) is 0. The molecular weight excluding hydrogens is 273 g/mol. The molecule has 0 saturated carbocycles. The Morgan fingerprint density at radius 1 is 1.39 bits per heavy atom. The zero-order chi connectivity index (χ0) is 13.0. The second kappa shape index (κ2) is 5.54. The molecule has 0 amide bonds. The summed E-state index contributed by atoms with van der Waals surface area (Å²) in [6, 6.07) is 3.42. The minimum atomic E-state index is 0.386. The Hall–Kier alpha value is -2.03. The zero-order valence-corrected chi connectivity index (χ0v) is 10.5. The first-order chi connectivity index (χ1) is 8.72. The Morgan fingerprint density at radius 2 is 2.11 bits per heavy atom. The highest BCUT2D eigenvalue weighted by Crippen LogP contribution is 2.36. The van der Waals surface area contributed by atoms with E-state index in [1.54, 1.807) is 30.9 Å². The van der Waals surface area contributed by atoms with Gasteiger partial charge in [-0.15, -0.1) is 0 Å². The largest absolute Gasteiger partial charge is 0.351 e. The highest BCUT2D eigenvalue weighted by atomic mass is 35.5. The summed E-state index contributed by atoms with van der Waals surface area (Å²) in [6.45, 7) is 0. The van der Waals surface area contributed by atoms with Crippen LogP contribution in [0.5, 0.6) is 0 Å². The molecule has 0 bridgehead atoms. The Bertz CT molecular complexity index is 590. The second-order valence-corrected chi connectivity index (χ2v) is 4.07. The third kappa shape index (κ3) is 2.62. The number of benzene rings is 1. The zero-order valence-electron chi connectivity index (χ0n) is 8.98. The van der Waals surface area contributed by atoms with Gasteiger partial charge in [0.1, 0.15) is 12.0 Å². The number of rotatable bonds is 3. The SMILES string of the molecule is N#CNC=Nc1c(Cl)cc(-c2c[nH]cn2)cc1Cl. The lowest BCUT2D eigenvalue weighted by molar-refractivity contribution is 1.29. The fourth-order valence-electron chi connectivity index (χ4n) is 1.38. The molecule has 0 unspecified atom stereocenters. The maximum Gasteiger partial charge on any atom is 0.182 e. The van der Waals surface area contributed by atoms with Crippen molar-refractivity contribution in [3.05, 3.63) is 34.7 Å². The van der Waals surface area contributed by atoms with E-state index in [0.717, 1.165) is 11.3 Å². The van der Waals surface area contributed by atoms with E-state index in [-0.39, 0.29) is 0 Å². The summed E-state index contributed by atoms with van der Waals surface area (Å²) < 4.78 is 0. The Balaban J connectivity index is 2.39. The molecule has 0 aliphatic carbocycles. The number of nitrogens with one attached hydrogen (secondary N) is 2. The third-order valence-corrected chi connectivity index (χ3v) is 2.71. The molecule has 2 N–H and O–H groups in total. The van der Waals surface area contributed by atoms with Crippen LogP contribution < -0.4 is 5.32 Å². The number of imidazole rings is 1. The molecule has 5 nitrogen and oxygen atoms in total. The van der Waals surface area contributed by atoms with Crippen molar-refractivity contribution in [2.24, 2.45) is 4.99 Å². The molecule has 2 rings (SSSR count). The molecule has 1 aromatic heterocycles. The van der Waals surface area contributed by atoms with Crippen LogP contribution in [0, 0.1) is 11.5 Å². The predicted octanol–water partition coefficient (Wildman–Crippen LogP) is 3.11. The molecule has 0 aliphatic rings. The summed E-state index contributed by atoms with van der Waals surface area (Å²) in [5.41, 5.74) is 1.93. The van der Waals surface area contributed by atoms with Crippen molar-refractivity contribution in [1.29, 1.82) is 5.26 Å². The third-order valence-electron chi connectivity index (χ3n) is 2.13. The standard InChI is InChI=1S/C11H7Cl2N5/c12-8-1-7(10-3-15-5-17-10)2-9(13)11(8)18-6-16-4-14/h1-3,5-6H,(H,15,17)(H,16,18). The van der Waals surface area contributed by atoms with E-state index < -0.39 is 0 Å². The molecule has 0 aliphatic heterocycles. The van der Waals surface area contributed by atoms with Gasteiger partial charge in [0.15, 0.2) is 6.19 Å². The van der Waals surface area contributed by atoms with Crippen LogP contribution in [0.25, 0.3) is 11.3 Å². The smallest absolute Gasteiger partial charge is 0.182 e. The van der Waals surface area contributed by atoms with E-state index >= 15 is 0 Å². The minimum absolute atomic E-state index is 0.386. The number of hydrogen-bond donors (Lipinski definition) is 2. The van der Waals surface area contributed by atoms with Gasteiger partial charge in [0.25, 0.3) is 0 Å². The van der Waals surface area contributed by atoms with Crippen molar-refractivity contribution in [2.75, 3.05) is 0 Å². The number of hydrogen-bond acceptors (Lipinski definition) is 3. The number of aliphatic imine (C=N–C) groups is 1. The Kier molecular flexibility index (Phi) is 3.82. The van der Waals surface area contributed by atoms with Crippen LogP contribution in [-0.4, -0.2) is 16.3 Å². The predicted molar refractivity (Wildman–Crippen MR) is 70.9 cm³/mol. The van der Waals surface area contributed by atoms with E-state index in [2.05, 4.69) is 20.3 Å². The van der Waals surface area contributed by atoms with Crippen molar-refractivity contribution in [2.45, 2.75) is 0 Å². The summed E-state index contributed by atoms with van der Waals surface area (Å²) in [4.78, 5) is 10.9. The van der Waals surface area contributed by atoms with Gasteiger partial charge in [-0.2, -0.15) is 5.26 Å². The lowest BCUT2D eigenvalue weighted by atomic mass is 10.1. The topological polar surface area (TPSA) is 76.9 Å². The monoisotopic (exact) mass is 279 g/mol. The van der Waals surface area contributed by atoms with Crippen LogP contribution >= 0.6 is 23.2 Å². The highest BCUT2D eigenvalue weighted by molar-refractivity contribution is 6.39. The molecule has 90 valence electrons. The molecule has 0 saturated heterocycles. The first kappa shape index (κ1) is 12.4. The molecule has 0 radical (unpaired) electrons. The molecule has 0 fully saturated rings. The maximum atomic E-state index is 8.32. The lowest BCUT2D eigenvalue weighted by Gasteiger charge is -2.04. The molecule has 1 heterocycles. The van der Waals surface area contributed by atoms with E-state index in [9.17, 15) is 0 Å². The first-order valence-electron chi connectivity index (χ1n) is 4.87. The average molecular weight is 280 g/mol. The van der Waals surface area contributed by atoms with Crippen molar-refractivity contribution >= 4 is 35.2 Å². The van der Waals surface area contributed by atoms with Crippen LogP contribution in [0.1, 0.15) is 0 Å². The van der Waals surface area contributed by atoms with Gasteiger partial charge in [0.2, 0.25) is 0 Å². The van der Waals surface area contributed by atoms with Gasteiger partial charge in [-0.1, -0.05) is 23.2 Å². The number of H-pyrrole nitrogens is 1. The second-order valence-electron chi connectivity index (χ2n) is 3.26. The molecule has 1 aromatic carbocycles. The molecule has 0 spiro atoms. The maximum absolute atomic E-state index is 8.32. The lowest BCUT2D eigenvalue weighted by Crippen LogP contribution is -1.99. The van der Waals surface area contributed by atoms with E-state index in [1.165, 1.54) is 6.34 Å². The summed E-state index contributed by atoms with van der Waals surface area (Å²) in [5.74, 6) is 0. The summed E-state index contributed by atoms with van der Waals surface area (Å²) >= 11 is 12.2. The fourth-order valence-corrected chi connectivity index (χ4v) is 1.97. The van der Waals surface area contributed by atoms with Gasteiger partial charge in [-0.3, -0.25) is 5.32 Å². The Labute approximate surface area is 113 Å². The van der Waals surface area contributed by atoms with Crippen LogP contribution in [0.3, 0.4) is 0 Å². The van der Waals surface area contributed by atoms with Crippen molar-refractivity contribution < 1.29 is 0 Å². The summed E-state index contributed by atoms with van der Waals surface area (Å²) in [7, 11) is 0. The van der Waals surface area contributed by atoms with E-state index in [0.29, 0.717) is 15.7 Å². The number of halogens is 2. The van der Waals surface area contributed by atoms with Gasteiger partial charge in [-0.25, -0.2) is 9.98 Å². The van der Waals surface area contributed by atoms with Crippen LogP contribution in [0.15, 0.2) is 29.6 Å². The van der Waals surface area contributed by atoms with Gasteiger partial charge in [0, 0.05) is 11.8 Å². The minimum Gasteiger partial charge on any atom is -0.351 e. The number of nitrogens with zero attached hydrogens (tertiary/aromatic N) is 3. The average Bonchev–Trinajstić information content (AvgIpc) is 2.86. The van der Waals surface area contributed by atoms with Gasteiger partial charge >= 0.3 is 0 Å². The molecular formula is C11H7Cl2N5. The van der Waals surface area contributed by atoms with E-state index in [4.69, 9.17) is 28.5 Å². The van der Waals surface area contributed by atoms with Crippen LogP contribution in [0.2, 0.25) is 10.0 Å². The molecule has 2 aromatic rings. The van der Waals surface area contributed by atoms with Crippen LogP contribution in [0.4, 0.5) is 5.69 Å². The molecule has 0 atom stereocenters. The highest BCUT2D eigenvalue weighted by Gasteiger charge is 2.09. The molecule has 7 heteroatoms. The summed E-state index contributed by atoms with van der Waals surface area (Å²) in [6.07, 6.45) is 6.24. The van der Waals surface area contributed by atoms with Gasteiger partial charge in [-0.05, 0) is 12.1 Å². The Morgan fingerprint density at radius 3 is 2.67 bits per heavy atom. The van der Waals surface area contributed by atoms with Crippen LogP contribution in [-0.2, 0) is 0 Å². The van der Waals surface area contributed by atoms with Gasteiger partial charge in [0.05, 0.1) is 22.1 Å². The summed E-state index contributed by atoms with van der Waals surface area (Å²) in [5, 5.41) is 11.4. The number of nitriles is 1. The van der Waals surface area contributed by atoms with Crippen molar-refractivity contribution in [1.82, 2.24) is 15.3 Å². The van der Waals surface area contributed by atoms with Crippen molar-refractivity contribution in [3.8, 4) is 17.5 Å². The molecule has 18 heavy (non-hydrogen) atoms. The quantitative estimate of drug-likeness (QED) is 0.392. The first-order valence-corrected chi connectivity index (χ1v) is 5.63. The normalized spacial score (nSPS) is 10.5.